The molecule has 1 unspecified atom stereocenters. The van der Waals surface area contributed by atoms with E-state index in [4.69, 9.17) is 16.3 Å². The molecule has 1 aromatic carbocycles. The Morgan fingerprint density at radius 3 is 2.91 bits per heavy atom. The number of benzene rings is 1. The van der Waals surface area contributed by atoms with Crippen LogP contribution >= 0.6 is 22.9 Å². The van der Waals surface area contributed by atoms with Crippen molar-refractivity contribution in [2.24, 2.45) is 0 Å². The molecule has 0 spiro atoms. The van der Waals surface area contributed by atoms with Gasteiger partial charge in [0.2, 0.25) is 5.91 Å². The second kappa shape index (κ2) is 9.90. The van der Waals surface area contributed by atoms with Gasteiger partial charge in [-0.05, 0) is 36.1 Å². The highest BCUT2D eigenvalue weighted by Gasteiger charge is 2.33. The highest BCUT2D eigenvalue weighted by Crippen LogP contribution is 2.24. The van der Waals surface area contributed by atoms with Crippen molar-refractivity contribution in [2.75, 3.05) is 33.4 Å². The van der Waals surface area contributed by atoms with E-state index >= 15 is 0 Å². The van der Waals surface area contributed by atoms with Gasteiger partial charge in [0.1, 0.15) is 17.1 Å². The number of aromatic nitrogens is 2. The number of carbonyl (C=O) groups is 2. The van der Waals surface area contributed by atoms with Crippen molar-refractivity contribution in [3.63, 3.8) is 0 Å². The summed E-state index contributed by atoms with van der Waals surface area (Å²) in [6.07, 6.45) is 1.92. The lowest BCUT2D eigenvalue weighted by Gasteiger charge is -2.41. The smallest absolute Gasteiger partial charge is 0.262 e. The zero-order chi connectivity index (χ0) is 23.5. The van der Waals surface area contributed by atoms with Gasteiger partial charge in [-0.2, -0.15) is 0 Å². The van der Waals surface area contributed by atoms with Crippen molar-refractivity contribution in [1.29, 1.82) is 0 Å². The van der Waals surface area contributed by atoms with Crippen molar-refractivity contribution in [3.8, 4) is 5.75 Å². The number of piperazine rings is 1. The standard InChI is InChI=1S/C22H23ClN4O5S/c1-32-8-4-14-11-25(22(31)17-10-15(28)2-3-18(17)23)6-7-27(14)19(29)12-26-13-24-20-16(21(26)30)5-9-33-20/h2-3,5,9-10,13-14,28H,4,6-8,11-12H2,1H3. The van der Waals surface area contributed by atoms with E-state index in [1.165, 1.54) is 40.4 Å². The second-order valence-corrected chi connectivity index (χ2v) is 9.06. The lowest BCUT2D eigenvalue weighted by atomic mass is 10.1. The van der Waals surface area contributed by atoms with Crippen LogP contribution in [0.4, 0.5) is 0 Å². The molecule has 1 fully saturated rings. The summed E-state index contributed by atoms with van der Waals surface area (Å²) in [5, 5.41) is 12.3. The van der Waals surface area contributed by atoms with E-state index in [0.29, 0.717) is 36.3 Å². The largest absolute Gasteiger partial charge is 0.508 e. The number of hydrogen-bond donors (Lipinski definition) is 1. The Bertz CT molecular complexity index is 1240. The number of aromatic hydroxyl groups is 1. The van der Waals surface area contributed by atoms with Gasteiger partial charge in [-0.3, -0.25) is 19.0 Å². The monoisotopic (exact) mass is 490 g/mol. The molecule has 174 valence electrons. The molecule has 0 saturated carbocycles. The van der Waals surface area contributed by atoms with Crippen molar-refractivity contribution < 1.29 is 19.4 Å². The summed E-state index contributed by atoms with van der Waals surface area (Å²) < 4.78 is 6.52. The molecule has 4 rings (SSSR count). The average Bonchev–Trinajstić information content (AvgIpc) is 3.30. The Labute approximate surface area is 198 Å². The number of phenolic OH excluding ortho intramolecular Hbond substituents is 1. The summed E-state index contributed by atoms with van der Waals surface area (Å²) in [6.45, 7) is 1.17. The van der Waals surface area contributed by atoms with Gasteiger partial charge in [0.15, 0.2) is 0 Å². The minimum Gasteiger partial charge on any atom is -0.508 e. The van der Waals surface area contributed by atoms with E-state index in [2.05, 4.69) is 4.98 Å². The molecule has 1 saturated heterocycles. The van der Waals surface area contributed by atoms with E-state index in [1.54, 1.807) is 28.4 Å². The van der Waals surface area contributed by atoms with Crippen molar-refractivity contribution in [3.05, 3.63) is 56.9 Å². The van der Waals surface area contributed by atoms with Crippen LogP contribution in [-0.2, 0) is 16.1 Å². The van der Waals surface area contributed by atoms with Crippen LogP contribution in [0.2, 0.25) is 5.02 Å². The first-order valence-corrected chi connectivity index (χ1v) is 11.6. The molecule has 0 bridgehead atoms. The minimum absolute atomic E-state index is 0.0471. The van der Waals surface area contributed by atoms with Gasteiger partial charge in [0, 0.05) is 33.4 Å². The zero-order valence-corrected chi connectivity index (χ0v) is 19.5. The van der Waals surface area contributed by atoms with Crippen LogP contribution in [-0.4, -0.2) is 75.7 Å². The molecule has 1 aliphatic heterocycles. The van der Waals surface area contributed by atoms with Gasteiger partial charge in [-0.15, -0.1) is 11.3 Å². The molecule has 1 N–H and O–H groups in total. The molecule has 11 heteroatoms. The molecule has 3 heterocycles. The number of methoxy groups -OCH3 is 1. The fourth-order valence-electron chi connectivity index (χ4n) is 3.96. The van der Waals surface area contributed by atoms with E-state index in [9.17, 15) is 19.5 Å². The molecule has 1 aliphatic rings. The van der Waals surface area contributed by atoms with Crippen molar-refractivity contribution >= 4 is 45.0 Å². The third-order valence-electron chi connectivity index (χ3n) is 5.68. The number of nitrogens with zero attached hydrogens (tertiary/aromatic N) is 4. The number of fused-ring (bicyclic) bond motifs is 1. The summed E-state index contributed by atoms with van der Waals surface area (Å²) >= 11 is 7.54. The third-order valence-corrected chi connectivity index (χ3v) is 6.83. The highest BCUT2D eigenvalue weighted by atomic mass is 35.5. The van der Waals surface area contributed by atoms with Gasteiger partial charge < -0.3 is 19.6 Å². The lowest BCUT2D eigenvalue weighted by Crippen LogP contribution is -2.57. The zero-order valence-electron chi connectivity index (χ0n) is 17.9. The van der Waals surface area contributed by atoms with Gasteiger partial charge in [-0.1, -0.05) is 11.6 Å². The van der Waals surface area contributed by atoms with Crippen LogP contribution in [0.1, 0.15) is 16.8 Å². The normalized spacial score (nSPS) is 16.4. The predicted molar refractivity (Wildman–Crippen MR) is 125 cm³/mol. The molecular formula is C22H23ClN4O5S. The van der Waals surface area contributed by atoms with Crippen LogP contribution in [0.15, 0.2) is 40.8 Å². The molecule has 0 aliphatic carbocycles. The fourth-order valence-corrected chi connectivity index (χ4v) is 4.88. The summed E-state index contributed by atoms with van der Waals surface area (Å²) in [4.78, 5) is 47.1. The van der Waals surface area contributed by atoms with Gasteiger partial charge in [0.05, 0.1) is 28.3 Å². The predicted octanol–water partition coefficient (Wildman–Crippen LogP) is 2.21. The quantitative estimate of drug-likeness (QED) is 0.568. The maximum Gasteiger partial charge on any atom is 0.262 e. The number of carbonyl (C=O) groups excluding carboxylic acids is 2. The first kappa shape index (κ1) is 23.2. The number of ether oxygens (including phenoxy) is 1. The summed E-state index contributed by atoms with van der Waals surface area (Å²) in [5.74, 6) is -0.583. The van der Waals surface area contributed by atoms with Crippen molar-refractivity contribution in [2.45, 2.75) is 19.0 Å². The summed E-state index contributed by atoms with van der Waals surface area (Å²) in [7, 11) is 1.58. The maximum absolute atomic E-state index is 13.2. The number of hydrogen-bond acceptors (Lipinski definition) is 7. The second-order valence-electron chi connectivity index (χ2n) is 7.75. The van der Waals surface area contributed by atoms with Crippen LogP contribution in [0.3, 0.4) is 0 Å². The Balaban J connectivity index is 1.51. The summed E-state index contributed by atoms with van der Waals surface area (Å²) in [5.41, 5.74) is -0.0426. The third kappa shape index (κ3) is 4.87. The molecule has 3 aromatic rings. The number of phenols is 1. The van der Waals surface area contributed by atoms with Gasteiger partial charge >= 0.3 is 0 Å². The minimum atomic E-state index is -0.311. The number of thiophene rings is 1. The van der Waals surface area contributed by atoms with Crippen LogP contribution in [0.5, 0.6) is 5.75 Å². The molecule has 2 aromatic heterocycles. The molecule has 1 atom stereocenters. The molecule has 0 radical (unpaired) electrons. The molecule has 2 amide bonds. The molecule has 9 nitrogen and oxygen atoms in total. The number of rotatable bonds is 6. The van der Waals surface area contributed by atoms with Crippen LogP contribution < -0.4 is 5.56 Å². The van der Waals surface area contributed by atoms with E-state index in [1.807, 2.05) is 0 Å². The Morgan fingerprint density at radius 2 is 2.12 bits per heavy atom. The Hall–Kier alpha value is -2.95. The maximum atomic E-state index is 13.2. The Morgan fingerprint density at radius 1 is 1.30 bits per heavy atom. The van der Waals surface area contributed by atoms with Crippen LogP contribution in [0.25, 0.3) is 10.2 Å². The topological polar surface area (TPSA) is 105 Å². The molecule has 33 heavy (non-hydrogen) atoms. The fraction of sp³-hybridized carbons (Fsp3) is 0.364. The Kier molecular flexibility index (Phi) is 6.96. The number of amides is 2. The lowest BCUT2D eigenvalue weighted by molar-refractivity contribution is -0.136. The highest BCUT2D eigenvalue weighted by molar-refractivity contribution is 7.16. The van der Waals surface area contributed by atoms with Crippen LogP contribution in [0, 0.1) is 0 Å². The van der Waals surface area contributed by atoms with E-state index in [0.717, 1.165) is 0 Å². The SMILES string of the molecule is COCCC1CN(C(=O)c2cc(O)ccc2Cl)CCN1C(=O)Cn1cnc2sccc2c1=O. The van der Waals surface area contributed by atoms with E-state index in [-0.39, 0.29) is 52.8 Å². The van der Waals surface area contributed by atoms with Crippen molar-refractivity contribution in [1.82, 2.24) is 19.4 Å². The number of halogens is 1. The average molecular weight is 491 g/mol. The van der Waals surface area contributed by atoms with Gasteiger partial charge in [-0.25, -0.2) is 4.98 Å². The molecular weight excluding hydrogens is 468 g/mol. The first-order valence-electron chi connectivity index (χ1n) is 10.4. The van der Waals surface area contributed by atoms with E-state index < -0.39 is 0 Å². The summed E-state index contributed by atoms with van der Waals surface area (Å²) in [6, 6.07) is 5.64. The first-order chi connectivity index (χ1) is 15.9. The van der Waals surface area contributed by atoms with Gasteiger partial charge in [0.25, 0.3) is 11.5 Å².